The van der Waals surface area contributed by atoms with Crippen molar-refractivity contribution in [3.05, 3.63) is 42.0 Å². The van der Waals surface area contributed by atoms with Gasteiger partial charge in [-0.1, -0.05) is 30.3 Å². The van der Waals surface area contributed by atoms with Crippen molar-refractivity contribution in [1.82, 2.24) is 0 Å². The van der Waals surface area contributed by atoms with Crippen LogP contribution in [0.3, 0.4) is 0 Å². The maximum absolute atomic E-state index is 9.71. The van der Waals surface area contributed by atoms with Gasteiger partial charge in [0.25, 0.3) is 0 Å². The second-order valence-corrected chi connectivity index (χ2v) is 3.60. The molecule has 2 heteroatoms. The lowest BCUT2D eigenvalue weighted by atomic mass is 10.0. The fourth-order valence-corrected chi connectivity index (χ4v) is 1.79. The zero-order chi connectivity index (χ0) is 10.8. The molecule has 78 valence electrons. The van der Waals surface area contributed by atoms with Gasteiger partial charge in [-0.05, 0) is 23.9 Å². The van der Waals surface area contributed by atoms with Crippen molar-refractivity contribution < 1.29 is 9.84 Å². The molecule has 0 heterocycles. The Labute approximate surface area is 89.1 Å². The highest BCUT2D eigenvalue weighted by Crippen LogP contribution is 2.31. The number of rotatable bonds is 2. The van der Waals surface area contributed by atoms with E-state index in [-0.39, 0.29) is 6.10 Å². The molecule has 0 amide bonds. The number of ether oxygens (including phenoxy) is 1. The molecule has 0 saturated carbocycles. The van der Waals surface area contributed by atoms with E-state index in [1.54, 1.807) is 13.2 Å². The molecule has 2 rings (SSSR count). The maximum atomic E-state index is 9.71. The smallest absolute Gasteiger partial charge is 0.123 e. The number of phenolic OH excluding ortho intramolecular Hbond substituents is 1. The van der Waals surface area contributed by atoms with E-state index in [2.05, 4.69) is 0 Å². The number of benzene rings is 2. The lowest BCUT2D eigenvalue weighted by molar-refractivity contribution is 0.120. The predicted octanol–water partition coefficient (Wildman–Crippen LogP) is 3.25. The molecule has 2 aromatic carbocycles. The molecule has 0 aliphatic rings. The predicted molar refractivity (Wildman–Crippen MR) is 61.0 cm³/mol. The van der Waals surface area contributed by atoms with E-state index in [1.165, 1.54) is 0 Å². The van der Waals surface area contributed by atoms with E-state index in [4.69, 9.17) is 4.74 Å². The first-order chi connectivity index (χ1) is 7.24. The number of aromatic hydroxyl groups is 1. The fraction of sp³-hybridized carbons (Fsp3) is 0.231. The third-order valence-electron chi connectivity index (χ3n) is 2.73. The molecule has 0 saturated heterocycles. The van der Waals surface area contributed by atoms with Gasteiger partial charge >= 0.3 is 0 Å². The molecular weight excluding hydrogens is 188 g/mol. The van der Waals surface area contributed by atoms with Crippen molar-refractivity contribution in [3.63, 3.8) is 0 Å². The van der Waals surface area contributed by atoms with Gasteiger partial charge in [0.1, 0.15) is 5.75 Å². The normalized spacial score (nSPS) is 12.9. The van der Waals surface area contributed by atoms with Crippen LogP contribution in [0.5, 0.6) is 5.75 Å². The molecule has 0 aromatic heterocycles. The summed E-state index contributed by atoms with van der Waals surface area (Å²) < 4.78 is 5.30. The van der Waals surface area contributed by atoms with Crippen LogP contribution in [0.15, 0.2) is 36.4 Å². The van der Waals surface area contributed by atoms with Gasteiger partial charge in [0.15, 0.2) is 0 Å². The summed E-state index contributed by atoms with van der Waals surface area (Å²) in [4.78, 5) is 0. The van der Waals surface area contributed by atoms with Crippen LogP contribution >= 0.6 is 0 Å². The molecule has 0 spiro atoms. The zero-order valence-corrected chi connectivity index (χ0v) is 8.90. The van der Waals surface area contributed by atoms with Crippen molar-refractivity contribution >= 4 is 10.8 Å². The summed E-state index contributed by atoms with van der Waals surface area (Å²) in [6, 6.07) is 11.4. The highest BCUT2D eigenvalue weighted by Gasteiger charge is 2.09. The van der Waals surface area contributed by atoms with E-state index < -0.39 is 0 Å². The summed E-state index contributed by atoms with van der Waals surface area (Å²) in [5.41, 5.74) is 1.10. The summed E-state index contributed by atoms with van der Waals surface area (Å²) in [6.07, 6.45) is 0.0375. The summed E-state index contributed by atoms with van der Waals surface area (Å²) in [5.74, 6) is 0.317. The quantitative estimate of drug-likeness (QED) is 0.810. The summed E-state index contributed by atoms with van der Waals surface area (Å²) in [6.45, 7) is 2.00. The van der Waals surface area contributed by atoms with Crippen molar-refractivity contribution in [1.29, 1.82) is 0 Å². The molecule has 0 fully saturated rings. The minimum atomic E-state index is 0.0375. The third-order valence-corrected chi connectivity index (χ3v) is 2.73. The van der Waals surface area contributed by atoms with Gasteiger partial charge < -0.3 is 9.84 Å². The largest absolute Gasteiger partial charge is 0.507 e. The number of hydrogen-bond donors (Lipinski definition) is 1. The molecule has 2 aromatic rings. The molecule has 0 bridgehead atoms. The SMILES string of the molecule is CO[C@@H](C)c1ccc(O)c2ccccc12. The standard InChI is InChI=1S/C13H14O2/c1-9(15-2)10-7-8-13(14)12-6-4-3-5-11(10)12/h3-9,14H,1-2H3/t9-/m0/s1. The zero-order valence-electron chi connectivity index (χ0n) is 8.90. The Hall–Kier alpha value is -1.54. The lowest BCUT2D eigenvalue weighted by Gasteiger charge is -2.13. The van der Waals surface area contributed by atoms with Crippen LogP contribution in [0.4, 0.5) is 0 Å². The van der Waals surface area contributed by atoms with Crippen LogP contribution in [-0.2, 0) is 4.74 Å². The summed E-state index contributed by atoms with van der Waals surface area (Å²) in [5, 5.41) is 11.6. The van der Waals surface area contributed by atoms with Gasteiger partial charge in [0.05, 0.1) is 6.10 Å². The average molecular weight is 202 g/mol. The van der Waals surface area contributed by atoms with Crippen molar-refractivity contribution in [3.8, 4) is 5.75 Å². The fourth-order valence-electron chi connectivity index (χ4n) is 1.79. The molecule has 2 nitrogen and oxygen atoms in total. The van der Waals surface area contributed by atoms with E-state index in [9.17, 15) is 5.11 Å². The Bertz CT molecular complexity index is 477. The van der Waals surface area contributed by atoms with Crippen LogP contribution in [0, 0.1) is 0 Å². The highest BCUT2D eigenvalue weighted by atomic mass is 16.5. The minimum absolute atomic E-state index is 0.0375. The third kappa shape index (κ3) is 1.68. The number of hydrogen-bond acceptors (Lipinski definition) is 2. The molecule has 0 aliphatic heterocycles. The minimum Gasteiger partial charge on any atom is -0.507 e. The first-order valence-corrected chi connectivity index (χ1v) is 4.97. The van der Waals surface area contributed by atoms with Crippen molar-refractivity contribution in [2.24, 2.45) is 0 Å². The number of fused-ring (bicyclic) bond motifs is 1. The monoisotopic (exact) mass is 202 g/mol. The number of phenols is 1. The van der Waals surface area contributed by atoms with Crippen LogP contribution in [0.2, 0.25) is 0 Å². The Morgan fingerprint density at radius 2 is 1.73 bits per heavy atom. The van der Waals surface area contributed by atoms with Gasteiger partial charge in [-0.3, -0.25) is 0 Å². The number of methoxy groups -OCH3 is 1. The second kappa shape index (κ2) is 3.91. The van der Waals surface area contributed by atoms with Gasteiger partial charge in [0.2, 0.25) is 0 Å². The Kier molecular flexibility index (Phi) is 2.60. The Morgan fingerprint density at radius 1 is 1.07 bits per heavy atom. The van der Waals surface area contributed by atoms with E-state index in [1.807, 2.05) is 37.3 Å². The maximum Gasteiger partial charge on any atom is 0.123 e. The van der Waals surface area contributed by atoms with Gasteiger partial charge in [-0.25, -0.2) is 0 Å². The molecule has 15 heavy (non-hydrogen) atoms. The van der Waals surface area contributed by atoms with Crippen LogP contribution < -0.4 is 0 Å². The van der Waals surface area contributed by atoms with E-state index >= 15 is 0 Å². The van der Waals surface area contributed by atoms with Crippen molar-refractivity contribution in [2.45, 2.75) is 13.0 Å². The van der Waals surface area contributed by atoms with Gasteiger partial charge in [-0.2, -0.15) is 0 Å². The van der Waals surface area contributed by atoms with Gasteiger partial charge in [-0.15, -0.1) is 0 Å². The molecule has 0 radical (unpaired) electrons. The van der Waals surface area contributed by atoms with E-state index in [0.29, 0.717) is 5.75 Å². The molecular formula is C13H14O2. The molecule has 1 atom stereocenters. The van der Waals surface area contributed by atoms with E-state index in [0.717, 1.165) is 16.3 Å². The van der Waals surface area contributed by atoms with Crippen LogP contribution in [0.1, 0.15) is 18.6 Å². The topological polar surface area (TPSA) is 29.5 Å². The molecule has 0 aliphatic carbocycles. The lowest BCUT2D eigenvalue weighted by Crippen LogP contribution is -1.96. The molecule has 1 N–H and O–H groups in total. The highest BCUT2D eigenvalue weighted by molar-refractivity contribution is 5.91. The summed E-state index contributed by atoms with van der Waals surface area (Å²) >= 11 is 0. The van der Waals surface area contributed by atoms with Crippen molar-refractivity contribution in [2.75, 3.05) is 7.11 Å². The Morgan fingerprint density at radius 3 is 2.40 bits per heavy atom. The molecule has 0 unspecified atom stereocenters. The van der Waals surface area contributed by atoms with Crippen LogP contribution in [-0.4, -0.2) is 12.2 Å². The Balaban J connectivity index is 2.71. The summed E-state index contributed by atoms with van der Waals surface area (Å²) in [7, 11) is 1.69. The first-order valence-electron chi connectivity index (χ1n) is 4.97. The second-order valence-electron chi connectivity index (χ2n) is 3.60. The first kappa shape index (κ1) is 9.99. The van der Waals surface area contributed by atoms with Gasteiger partial charge in [0, 0.05) is 12.5 Å². The average Bonchev–Trinajstić information content (AvgIpc) is 2.29. The van der Waals surface area contributed by atoms with Crippen LogP contribution in [0.25, 0.3) is 10.8 Å².